The van der Waals surface area contributed by atoms with Crippen LogP contribution < -0.4 is 5.73 Å². The number of primary amides is 1. The average Bonchev–Trinajstić information content (AvgIpc) is 2.47. The molecule has 0 aliphatic heterocycles. The Morgan fingerprint density at radius 1 is 1.43 bits per heavy atom. The number of amides is 1. The number of carbonyl (C=O) groups excluding carboxylic acids is 1. The molecular formula is C16H22FNO3. The molecule has 1 saturated carbocycles. The lowest BCUT2D eigenvalue weighted by molar-refractivity contribution is -0.0986. The van der Waals surface area contributed by atoms with Crippen molar-refractivity contribution >= 4 is 6.09 Å². The Morgan fingerprint density at radius 3 is 2.71 bits per heavy atom. The van der Waals surface area contributed by atoms with Crippen LogP contribution in [0.4, 0.5) is 9.18 Å². The molecule has 3 N–H and O–H groups in total. The molecule has 0 aromatic heterocycles. The lowest BCUT2D eigenvalue weighted by Crippen LogP contribution is -2.46. The van der Waals surface area contributed by atoms with Gasteiger partial charge in [-0.2, -0.15) is 0 Å². The zero-order valence-electron chi connectivity index (χ0n) is 12.2. The number of aliphatic hydroxyl groups is 1. The SMILES string of the molecule is CC[C@@](O)(c1ccccc1F)[C@H]1CCCC[C@@H]1OC(N)=O. The zero-order chi connectivity index (χ0) is 15.5. The van der Waals surface area contributed by atoms with E-state index in [0.29, 0.717) is 19.3 Å². The van der Waals surface area contributed by atoms with E-state index in [-0.39, 0.29) is 11.5 Å². The van der Waals surface area contributed by atoms with Gasteiger partial charge in [-0.25, -0.2) is 9.18 Å². The van der Waals surface area contributed by atoms with Gasteiger partial charge in [-0.1, -0.05) is 31.5 Å². The highest BCUT2D eigenvalue weighted by atomic mass is 19.1. The Balaban J connectivity index is 2.37. The number of ether oxygens (including phenoxy) is 1. The van der Waals surface area contributed by atoms with Crippen molar-refractivity contribution in [1.29, 1.82) is 0 Å². The molecule has 1 fully saturated rings. The van der Waals surface area contributed by atoms with Gasteiger partial charge in [0.05, 0.1) is 5.60 Å². The summed E-state index contributed by atoms with van der Waals surface area (Å²) in [6.07, 6.45) is 2.17. The first-order valence-electron chi connectivity index (χ1n) is 7.42. The van der Waals surface area contributed by atoms with Crippen LogP contribution in [0.25, 0.3) is 0 Å². The summed E-state index contributed by atoms with van der Waals surface area (Å²) in [5, 5.41) is 11.1. The van der Waals surface area contributed by atoms with Crippen LogP contribution in [0.5, 0.6) is 0 Å². The third kappa shape index (κ3) is 3.18. The number of hydrogen-bond donors (Lipinski definition) is 2. The van der Waals surface area contributed by atoms with Crippen molar-refractivity contribution in [1.82, 2.24) is 0 Å². The summed E-state index contributed by atoms with van der Waals surface area (Å²) < 4.78 is 19.3. The Kier molecular flexibility index (Phi) is 4.83. The van der Waals surface area contributed by atoms with Gasteiger partial charge in [-0.3, -0.25) is 0 Å². The molecule has 0 heterocycles. The van der Waals surface area contributed by atoms with Crippen molar-refractivity contribution in [3.63, 3.8) is 0 Å². The Labute approximate surface area is 124 Å². The maximum absolute atomic E-state index is 14.1. The second kappa shape index (κ2) is 6.43. The predicted molar refractivity (Wildman–Crippen MR) is 77.0 cm³/mol. The van der Waals surface area contributed by atoms with Crippen molar-refractivity contribution in [3.05, 3.63) is 35.6 Å². The van der Waals surface area contributed by atoms with Gasteiger partial charge in [0.25, 0.3) is 0 Å². The van der Waals surface area contributed by atoms with E-state index in [4.69, 9.17) is 10.5 Å². The summed E-state index contributed by atoms with van der Waals surface area (Å²) in [7, 11) is 0. The van der Waals surface area contributed by atoms with Gasteiger partial charge in [0.2, 0.25) is 0 Å². The first kappa shape index (κ1) is 15.8. The lowest BCUT2D eigenvalue weighted by atomic mass is 9.70. The lowest BCUT2D eigenvalue weighted by Gasteiger charge is -2.42. The first-order chi connectivity index (χ1) is 9.99. The minimum atomic E-state index is -1.36. The topological polar surface area (TPSA) is 72.6 Å². The smallest absolute Gasteiger partial charge is 0.404 e. The second-order valence-electron chi connectivity index (χ2n) is 5.62. The molecule has 3 atom stereocenters. The second-order valence-corrected chi connectivity index (χ2v) is 5.62. The zero-order valence-corrected chi connectivity index (χ0v) is 12.2. The van der Waals surface area contributed by atoms with Gasteiger partial charge in [0.1, 0.15) is 11.9 Å². The number of hydrogen-bond acceptors (Lipinski definition) is 3. The highest BCUT2D eigenvalue weighted by Gasteiger charge is 2.45. The van der Waals surface area contributed by atoms with Crippen LogP contribution in [-0.2, 0) is 10.3 Å². The molecule has 2 rings (SSSR count). The Bertz CT molecular complexity index is 508. The summed E-state index contributed by atoms with van der Waals surface area (Å²) >= 11 is 0. The monoisotopic (exact) mass is 295 g/mol. The molecule has 116 valence electrons. The Morgan fingerprint density at radius 2 is 2.10 bits per heavy atom. The van der Waals surface area contributed by atoms with Crippen LogP contribution in [0, 0.1) is 11.7 Å². The molecular weight excluding hydrogens is 273 g/mol. The minimum absolute atomic E-state index is 0.262. The fourth-order valence-electron chi connectivity index (χ4n) is 3.40. The maximum Gasteiger partial charge on any atom is 0.404 e. The predicted octanol–water partition coefficient (Wildman–Crippen LogP) is 3.08. The largest absolute Gasteiger partial charge is 0.446 e. The number of benzene rings is 1. The van der Waals surface area contributed by atoms with Gasteiger partial charge in [-0.05, 0) is 31.7 Å². The van der Waals surface area contributed by atoms with Gasteiger partial charge in [-0.15, -0.1) is 0 Å². The molecule has 0 unspecified atom stereocenters. The van der Waals surface area contributed by atoms with Crippen LogP contribution in [0.1, 0.15) is 44.6 Å². The van der Waals surface area contributed by atoms with E-state index in [0.717, 1.165) is 12.8 Å². The number of halogens is 1. The van der Waals surface area contributed by atoms with Crippen LogP contribution in [0.3, 0.4) is 0 Å². The van der Waals surface area contributed by atoms with Crippen LogP contribution in [0.2, 0.25) is 0 Å². The van der Waals surface area contributed by atoms with Crippen LogP contribution in [-0.4, -0.2) is 17.3 Å². The van der Waals surface area contributed by atoms with Gasteiger partial charge >= 0.3 is 6.09 Å². The molecule has 4 nitrogen and oxygen atoms in total. The maximum atomic E-state index is 14.1. The fraction of sp³-hybridized carbons (Fsp3) is 0.562. The summed E-state index contributed by atoms with van der Waals surface area (Å²) in [6.45, 7) is 1.81. The number of rotatable bonds is 4. The van der Waals surface area contributed by atoms with E-state index in [9.17, 15) is 14.3 Å². The van der Waals surface area contributed by atoms with Crippen molar-refractivity contribution in [2.75, 3.05) is 0 Å². The van der Waals surface area contributed by atoms with E-state index >= 15 is 0 Å². The van der Waals surface area contributed by atoms with E-state index < -0.39 is 23.6 Å². The highest BCUT2D eigenvalue weighted by Crippen LogP contribution is 2.43. The number of carbonyl (C=O) groups is 1. The quantitative estimate of drug-likeness (QED) is 0.896. The van der Waals surface area contributed by atoms with Crippen molar-refractivity contribution < 1.29 is 19.0 Å². The molecule has 1 aromatic carbocycles. The van der Waals surface area contributed by atoms with Gasteiger partial charge < -0.3 is 15.6 Å². The summed E-state index contributed by atoms with van der Waals surface area (Å²) in [6, 6.07) is 6.22. The van der Waals surface area contributed by atoms with Crippen LogP contribution >= 0.6 is 0 Å². The molecule has 1 aromatic rings. The van der Waals surface area contributed by atoms with Crippen molar-refractivity contribution in [2.45, 2.75) is 50.7 Å². The van der Waals surface area contributed by atoms with E-state index in [1.165, 1.54) is 6.07 Å². The molecule has 21 heavy (non-hydrogen) atoms. The van der Waals surface area contributed by atoms with Crippen molar-refractivity contribution in [2.24, 2.45) is 11.7 Å². The Hall–Kier alpha value is -1.62. The minimum Gasteiger partial charge on any atom is -0.446 e. The van der Waals surface area contributed by atoms with Crippen molar-refractivity contribution in [3.8, 4) is 0 Å². The standard InChI is InChI=1S/C16H22FNO3/c1-2-16(20,11-7-3-5-9-13(11)17)12-8-4-6-10-14(12)21-15(18)19/h3,5,7,9,12,14,20H,2,4,6,8,10H2,1H3,(H2,18,19)/t12-,14-,16+/m0/s1. The van der Waals surface area contributed by atoms with E-state index in [1.54, 1.807) is 18.2 Å². The molecule has 0 bridgehead atoms. The molecule has 1 aliphatic rings. The van der Waals surface area contributed by atoms with E-state index in [2.05, 4.69) is 0 Å². The van der Waals surface area contributed by atoms with E-state index in [1.807, 2.05) is 6.92 Å². The van der Waals surface area contributed by atoms with Crippen LogP contribution in [0.15, 0.2) is 24.3 Å². The number of nitrogens with two attached hydrogens (primary N) is 1. The summed E-state index contributed by atoms with van der Waals surface area (Å²) in [5.41, 5.74) is 4.03. The summed E-state index contributed by atoms with van der Waals surface area (Å²) in [4.78, 5) is 11.1. The van der Waals surface area contributed by atoms with Gasteiger partial charge in [0, 0.05) is 11.5 Å². The third-order valence-corrected chi connectivity index (χ3v) is 4.46. The fourth-order valence-corrected chi connectivity index (χ4v) is 3.40. The molecule has 1 amide bonds. The normalized spacial score (nSPS) is 25.1. The third-order valence-electron chi connectivity index (χ3n) is 4.46. The molecule has 1 aliphatic carbocycles. The first-order valence-corrected chi connectivity index (χ1v) is 7.42. The molecule has 0 saturated heterocycles. The highest BCUT2D eigenvalue weighted by molar-refractivity contribution is 5.64. The van der Waals surface area contributed by atoms with Gasteiger partial charge in [0.15, 0.2) is 0 Å². The summed E-state index contributed by atoms with van der Waals surface area (Å²) in [5.74, 6) is -0.786. The average molecular weight is 295 g/mol. The molecule has 0 spiro atoms. The molecule has 5 heteroatoms. The molecule has 0 radical (unpaired) electrons.